The smallest absolute Gasteiger partial charge is 0.222 e. The minimum absolute atomic E-state index is 0.0101. The standard InChI is InChI=1S/C27H35N3O4.C27H33N3O3.C18H20N2O2.C9H15NO2/c31-22(19-23(32)21-30-14-8-2-5-13-27(30)33)20-28-15-17-29(18-16-28)25-11-6-7-12-26(25)34-24-9-3-1-4-10-24;31-23(22-30-17-8-2-5-15-27(30)32)10-9-16-28-18-20-29(21-19-28)25-13-6-7-14-26(25)33-24-11-3-1-4-12-24;21-15-14-19-10-12-20(13-11-19)17-8-4-5-9-18(17)22-16-6-2-1-3-7-16;1-8(11)7-10-6-4-2-3-5-9(10)12/h1,3-4,6-7,9-12,22,31H,2,5,8,13-21H2;1,3-4,6-7,9-14H,2,5,8,15-22H2;1-9,15H,10-14H2;2-7H2,1H3/b;10-9+;;. The fourth-order valence-electron chi connectivity index (χ4n) is 13.2. The molecule has 6 aromatic rings. The number of amides is 3. The molecule has 12 rings (SSSR count). The van der Waals surface area contributed by atoms with Crippen LogP contribution in [0.1, 0.15) is 90.4 Å². The highest BCUT2D eigenvalue weighted by atomic mass is 16.5. The van der Waals surface area contributed by atoms with Crippen molar-refractivity contribution >= 4 is 58.4 Å². The molecule has 3 amide bonds. The van der Waals surface area contributed by atoms with Crippen LogP contribution in [0.2, 0.25) is 0 Å². The first-order valence-corrected chi connectivity index (χ1v) is 36.4. The number of rotatable bonds is 24. The number of likely N-dealkylation sites (tertiary alicyclic amines) is 3. The first-order valence-electron chi connectivity index (χ1n) is 36.4. The molecule has 1 N–H and O–H groups in total. The second kappa shape index (κ2) is 41.5. The lowest BCUT2D eigenvalue weighted by Crippen LogP contribution is -2.49. The molecule has 0 saturated carbocycles. The van der Waals surface area contributed by atoms with Gasteiger partial charge in [-0.15, -0.1) is 0 Å². The number of β-amino-alcohol motifs (C(OH)–C–C–N with tert-alkyl or cyclic N) is 1. The van der Waals surface area contributed by atoms with Crippen LogP contribution in [-0.4, -0.2) is 219 Å². The van der Waals surface area contributed by atoms with E-state index < -0.39 is 6.10 Å². The molecule has 20 nitrogen and oxygen atoms in total. The van der Waals surface area contributed by atoms with Crippen molar-refractivity contribution in [2.45, 2.75) is 96.5 Å². The van der Waals surface area contributed by atoms with E-state index in [9.17, 15) is 38.7 Å². The van der Waals surface area contributed by atoms with Gasteiger partial charge in [-0.05, 0) is 124 Å². The Morgan fingerprint density at radius 1 is 0.406 bits per heavy atom. The molecule has 6 fully saturated rings. The number of carbonyl (C=O) groups is 7. The lowest BCUT2D eigenvalue weighted by molar-refractivity contribution is -0.135. The number of aliphatic hydroxyl groups excluding tert-OH is 1. The number of ether oxygens (including phenoxy) is 3. The predicted octanol–water partition coefficient (Wildman–Crippen LogP) is 11.2. The van der Waals surface area contributed by atoms with E-state index in [1.807, 2.05) is 152 Å². The van der Waals surface area contributed by atoms with Gasteiger partial charge in [0.25, 0.3) is 0 Å². The van der Waals surface area contributed by atoms with Crippen LogP contribution >= 0.6 is 0 Å². The Morgan fingerprint density at radius 2 is 0.752 bits per heavy atom. The van der Waals surface area contributed by atoms with Gasteiger partial charge in [0.15, 0.2) is 28.8 Å². The second-order valence-electron chi connectivity index (χ2n) is 26.5. The topological polar surface area (TPSA) is 197 Å². The van der Waals surface area contributed by atoms with Gasteiger partial charge in [-0.2, -0.15) is 0 Å². The van der Waals surface area contributed by atoms with Crippen LogP contribution in [0.15, 0.2) is 176 Å². The average Bonchev–Trinajstić information content (AvgIpc) is 1.36. The molecule has 6 aliphatic heterocycles. The van der Waals surface area contributed by atoms with Crippen molar-refractivity contribution in [3.05, 3.63) is 176 Å². The summed E-state index contributed by atoms with van der Waals surface area (Å²) in [5, 5.41) is 10.5. The van der Waals surface area contributed by atoms with E-state index in [0.29, 0.717) is 52.0 Å². The lowest BCUT2D eigenvalue weighted by atomic mass is 10.1. The first-order chi connectivity index (χ1) is 49.3. The molecule has 1 atom stereocenters. The third kappa shape index (κ3) is 25.7. The zero-order valence-corrected chi connectivity index (χ0v) is 59.0. The number of aldehydes is 1. The second-order valence-corrected chi connectivity index (χ2v) is 26.5. The minimum atomic E-state index is -0.713. The van der Waals surface area contributed by atoms with E-state index in [4.69, 9.17) is 14.2 Å². The van der Waals surface area contributed by atoms with Gasteiger partial charge in [0.2, 0.25) is 17.7 Å². The fraction of sp³-hybridized carbons (Fsp3) is 0.444. The molecule has 6 aliphatic rings. The van der Waals surface area contributed by atoms with E-state index in [1.54, 1.807) is 20.8 Å². The molecule has 6 aromatic carbocycles. The summed E-state index contributed by atoms with van der Waals surface area (Å²) in [7, 11) is 0. The van der Waals surface area contributed by atoms with Crippen LogP contribution in [0.3, 0.4) is 0 Å². The lowest BCUT2D eigenvalue weighted by Gasteiger charge is -2.37. The molecule has 101 heavy (non-hydrogen) atoms. The third-order valence-corrected chi connectivity index (χ3v) is 18.7. The summed E-state index contributed by atoms with van der Waals surface area (Å²) in [6, 6.07) is 53.8. The fourth-order valence-corrected chi connectivity index (χ4v) is 13.2. The Bertz CT molecular complexity index is 3560. The zero-order valence-electron chi connectivity index (χ0n) is 59.0. The van der Waals surface area contributed by atoms with E-state index in [0.717, 1.165) is 207 Å². The van der Waals surface area contributed by atoms with Crippen molar-refractivity contribution in [1.82, 2.24) is 29.4 Å². The molecule has 20 heteroatoms. The van der Waals surface area contributed by atoms with Gasteiger partial charge in [0, 0.05) is 137 Å². The number of hydrogen-bond donors (Lipinski definition) is 1. The summed E-state index contributed by atoms with van der Waals surface area (Å²) in [5.41, 5.74) is 3.27. The number of carbonyl (C=O) groups excluding carboxylic acids is 7. The quantitative estimate of drug-likeness (QED) is 0.0443. The molecule has 0 spiro atoms. The normalized spacial score (nSPS) is 17.7. The van der Waals surface area contributed by atoms with E-state index in [-0.39, 0.29) is 54.6 Å². The highest BCUT2D eigenvalue weighted by Crippen LogP contribution is 2.36. The molecule has 1 unspecified atom stereocenters. The molecule has 0 bridgehead atoms. The third-order valence-electron chi connectivity index (χ3n) is 18.7. The maximum absolute atomic E-state index is 12.5. The van der Waals surface area contributed by atoms with Crippen LogP contribution in [0, 0.1) is 0 Å². The Kier molecular flexibility index (Phi) is 31.2. The van der Waals surface area contributed by atoms with Crippen molar-refractivity contribution in [3.8, 4) is 34.5 Å². The number of hydrogen-bond acceptors (Lipinski definition) is 17. The summed E-state index contributed by atoms with van der Waals surface area (Å²) < 4.78 is 18.3. The van der Waals surface area contributed by atoms with Gasteiger partial charge in [-0.25, -0.2) is 0 Å². The van der Waals surface area contributed by atoms with Gasteiger partial charge in [-0.3, -0.25) is 43.5 Å². The molecule has 538 valence electrons. The van der Waals surface area contributed by atoms with E-state index >= 15 is 0 Å². The summed E-state index contributed by atoms with van der Waals surface area (Å²) in [6.45, 7) is 16.5. The van der Waals surface area contributed by atoms with Crippen molar-refractivity contribution in [1.29, 1.82) is 0 Å². The van der Waals surface area contributed by atoms with Gasteiger partial charge in [-0.1, -0.05) is 116 Å². The van der Waals surface area contributed by atoms with Crippen LogP contribution in [0.5, 0.6) is 34.5 Å². The van der Waals surface area contributed by atoms with Gasteiger partial charge in [0.05, 0.1) is 49.3 Å². The average molecular weight is 1380 g/mol. The maximum Gasteiger partial charge on any atom is 0.222 e. The molecular formula is C81H103N9O11. The summed E-state index contributed by atoms with van der Waals surface area (Å²) in [6.07, 6.45) is 14.7. The summed E-state index contributed by atoms with van der Waals surface area (Å²) in [4.78, 5) is 100. The van der Waals surface area contributed by atoms with Crippen molar-refractivity contribution in [2.24, 2.45) is 0 Å². The monoisotopic (exact) mass is 1380 g/mol. The van der Waals surface area contributed by atoms with Gasteiger partial charge >= 0.3 is 0 Å². The van der Waals surface area contributed by atoms with Crippen LogP contribution in [0.25, 0.3) is 0 Å². The van der Waals surface area contributed by atoms with E-state index in [1.165, 1.54) is 6.92 Å². The van der Waals surface area contributed by atoms with Crippen LogP contribution in [0.4, 0.5) is 17.1 Å². The molecule has 0 aromatic heterocycles. The SMILES string of the molecule is CC(=O)CN1CCCCCC1=O.O=C(/C=C/CN1CCN(c2ccccc2Oc2ccccc2)CC1)CN1CCCCCC1=O.O=C(CC(O)CN1CCN(c2ccccc2Oc2ccccc2)CC1)CN1CCCCCC1=O.O=CCN1CCN(c2ccccc2Oc2ccccc2)CC1. The maximum atomic E-state index is 12.5. The zero-order chi connectivity index (χ0) is 70.8. The Hall–Kier alpha value is -9.21. The number of aliphatic hydroxyl groups is 1. The minimum Gasteiger partial charge on any atom is -0.455 e. The van der Waals surface area contributed by atoms with E-state index in [2.05, 4.69) is 47.6 Å². The van der Waals surface area contributed by atoms with Crippen molar-refractivity contribution in [3.63, 3.8) is 0 Å². The predicted molar refractivity (Wildman–Crippen MR) is 396 cm³/mol. The largest absolute Gasteiger partial charge is 0.455 e. The van der Waals surface area contributed by atoms with Gasteiger partial charge in [0.1, 0.15) is 29.3 Å². The summed E-state index contributed by atoms with van der Waals surface area (Å²) >= 11 is 0. The highest BCUT2D eigenvalue weighted by Gasteiger charge is 2.27. The van der Waals surface area contributed by atoms with Gasteiger partial charge < -0.3 is 53.5 Å². The number of piperazine rings is 3. The number of ketones is 3. The molecule has 0 radical (unpaired) electrons. The van der Waals surface area contributed by atoms with Crippen LogP contribution < -0.4 is 28.9 Å². The number of benzene rings is 6. The highest BCUT2D eigenvalue weighted by molar-refractivity contribution is 5.94. The number of anilines is 3. The molecule has 6 heterocycles. The molecule has 0 aliphatic carbocycles. The Morgan fingerprint density at radius 3 is 1.14 bits per heavy atom. The van der Waals surface area contributed by atoms with Crippen molar-refractivity contribution in [2.75, 3.05) is 152 Å². The summed E-state index contributed by atoms with van der Waals surface area (Å²) in [5.74, 6) is 5.39. The number of Topliss-reactive ketones (excluding diaryl/α,β-unsaturated/α-hetero) is 2. The number of para-hydroxylation sites is 9. The first kappa shape index (κ1) is 76.0. The molecular weight excluding hydrogens is 1270 g/mol. The van der Waals surface area contributed by atoms with Crippen molar-refractivity contribution < 1.29 is 52.9 Å². The Balaban J connectivity index is 0.000000166. The molecule has 6 saturated heterocycles. The Labute approximate surface area is 597 Å². The van der Waals surface area contributed by atoms with Crippen LogP contribution in [-0.2, 0) is 33.6 Å². The number of nitrogens with zero attached hydrogens (tertiary/aromatic N) is 9.